The molecule has 0 aliphatic heterocycles. The standard InChI is InChI=1S/C18H21N5OS/c19-12-5-3-11(4-6-12)10-21-18(24)13-7-8-20-17-15(13)22-16(23-17)14-2-1-9-25-14/h1-2,7-9,11-12H,3-6,10,19H2,(H,21,24)(H,20,22,23). The summed E-state index contributed by atoms with van der Waals surface area (Å²) in [6, 6.07) is 6.04. The van der Waals surface area contributed by atoms with Crippen LogP contribution in [0.25, 0.3) is 21.9 Å². The molecule has 1 fully saturated rings. The maximum Gasteiger partial charge on any atom is 0.253 e. The number of hydrogen-bond acceptors (Lipinski definition) is 5. The number of carbonyl (C=O) groups is 1. The van der Waals surface area contributed by atoms with Crippen LogP contribution in [0.15, 0.2) is 29.8 Å². The summed E-state index contributed by atoms with van der Waals surface area (Å²) in [6.45, 7) is 0.696. The van der Waals surface area contributed by atoms with E-state index in [1.54, 1.807) is 23.6 Å². The molecule has 0 spiro atoms. The van der Waals surface area contributed by atoms with Crippen LogP contribution in [0.5, 0.6) is 0 Å². The van der Waals surface area contributed by atoms with Gasteiger partial charge in [-0.25, -0.2) is 9.97 Å². The van der Waals surface area contributed by atoms with Gasteiger partial charge in [0.05, 0.1) is 16.0 Å². The number of H-pyrrole nitrogens is 1. The van der Waals surface area contributed by atoms with Crippen LogP contribution in [0, 0.1) is 5.92 Å². The highest BCUT2D eigenvalue weighted by Gasteiger charge is 2.20. The average molecular weight is 355 g/mol. The second-order valence-electron chi connectivity index (χ2n) is 6.61. The van der Waals surface area contributed by atoms with Crippen LogP contribution in [0.4, 0.5) is 0 Å². The first kappa shape index (κ1) is 16.2. The van der Waals surface area contributed by atoms with Crippen molar-refractivity contribution in [1.82, 2.24) is 20.3 Å². The third-order valence-corrected chi connectivity index (χ3v) is 5.71. The SMILES string of the molecule is NC1CCC(CNC(=O)c2ccnc3nc(-c4cccs4)[nH]c23)CC1. The zero-order valence-corrected chi connectivity index (χ0v) is 14.7. The zero-order valence-electron chi connectivity index (χ0n) is 13.9. The molecule has 25 heavy (non-hydrogen) atoms. The van der Waals surface area contributed by atoms with E-state index >= 15 is 0 Å². The summed E-state index contributed by atoms with van der Waals surface area (Å²) in [6.07, 6.45) is 5.89. The van der Waals surface area contributed by atoms with Crippen molar-refractivity contribution in [3.05, 3.63) is 35.3 Å². The molecule has 130 valence electrons. The van der Waals surface area contributed by atoms with E-state index in [0.717, 1.165) is 36.4 Å². The maximum absolute atomic E-state index is 12.7. The van der Waals surface area contributed by atoms with Gasteiger partial charge in [-0.05, 0) is 49.1 Å². The molecule has 7 heteroatoms. The van der Waals surface area contributed by atoms with Crippen molar-refractivity contribution >= 4 is 28.4 Å². The molecule has 0 saturated heterocycles. The Morgan fingerprint density at radius 3 is 2.92 bits per heavy atom. The highest BCUT2D eigenvalue weighted by Crippen LogP contribution is 2.25. The van der Waals surface area contributed by atoms with Crippen LogP contribution in [-0.4, -0.2) is 33.4 Å². The van der Waals surface area contributed by atoms with Gasteiger partial charge in [-0.3, -0.25) is 4.79 Å². The van der Waals surface area contributed by atoms with Gasteiger partial charge >= 0.3 is 0 Å². The average Bonchev–Trinajstić information content (AvgIpc) is 3.29. The lowest BCUT2D eigenvalue weighted by Gasteiger charge is -2.26. The fraction of sp³-hybridized carbons (Fsp3) is 0.389. The van der Waals surface area contributed by atoms with Crippen LogP contribution in [0.1, 0.15) is 36.0 Å². The summed E-state index contributed by atoms with van der Waals surface area (Å²) < 4.78 is 0. The Morgan fingerprint density at radius 1 is 1.32 bits per heavy atom. The van der Waals surface area contributed by atoms with E-state index in [2.05, 4.69) is 20.3 Å². The van der Waals surface area contributed by atoms with Gasteiger partial charge in [0.1, 0.15) is 0 Å². The lowest BCUT2D eigenvalue weighted by molar-refractivity contribution is 0.0944. The van der Waals surface area contributed by atoms with Gasteiger partial charge in [0.15, 0.2) is 11.5 Å². The quantitative estimate of drug-likeness (QED) is 0.670. The number of nitrogens with two attached hydrogens (primary N) is 1. The molecular weight excluding hydrogens is 334 g/mol. The van der Waals surface area contributed by atoms with Gasteiger partial charge in [-0.2, -0.15) is 0 Å². The molecule has 1 amide bonds. The van der Waals surface area contributed by atoms with Crippen molar-refractivity contribution < 1.29 is 4.79 Å². The van der Waals surface area contributed by atoms with E-state index in [0.29, 0.717) is 35.2 Å². The maximum atomic E-state index is 12.7. The van der Waals surface area contributed by atoms with Gasteiger partial charge in [-0.15, -0.1) is 11.3 Å². The first-order valence-electron chi connectivity index (χ1n) is 8.63. The molecule has 0 radical (unpaired) electrons. The summed E-state index contributed by atoms with van der Waals surface area (Å²) in [7, 11) is 0. The second kappa shape index (κ2) is 6.93. The first-order valence-corrected chi connectivity index (χ1v) is 9.51. The molecule has 1 aliphatic carbocycles. The summed E-state index contributed by atoms with van der Waals surface area (Å²) in [5.74, 6) is 1.19. The molecule has 0 bridgehead atoms. The number of hydrogen-bond donors (Lipinski definition) is 3. The normalized spacial score (nSPS) is 20.7. The predicted octanol–water partition coefficient (Wildman–Crippen LogP) is 2.93. The highest BCUT2D eigenvalue weighted by molar-refractivity contribution is 7.13. The van der Waals surface area contributed by atoms with Gasteiger partial charge in [0.25, 0.3) is 5.91 Å². The third-order valence-electron chi connectivity index (χ3n) is 4.83. The van der Waals surface area contributed by atoms with E-state index in [1.165, 1.54) is 0 Å². The number of thiophene rings is 1. The zero-order chi connectivity index (χ0) is 17.2. The molecule has 6 nitrogen and oxygen atoms in total. The van der Waals surface area contributed by atoms with Gasteiger partial charge in [-0.1, -0.05) is 6.07 Å². The van der Waals surface area contributed by atoms with Crippen molar-refractivity contribution in [2.24, 2.45) is 11.7 Å². The van der Waals surface area contributed by atoms with Gasteiger partial charge in [0.2, 0.25) is 0 Å². The molecule has 3 heterocycles. The van der Waals surface area contributed by atoms with Crippen LogP contribution in [0.2, 0.25) is 0 Å². The van der Waals surface area contributed by atoms with Crippen LogP contribution in [-0.2, 0) is 0 Å². The lowest BCUT2D eigenvalue weighted by atomic mass is 9.86. The monoisotopic (exact) mass is 355 g/mol. The fourth-order valence-corrected chi connectivity index (χ4v) is 4.02. The second-order valence-corrected chi connectivity index (χ2v) is 7.56. The van der Waals surface area contributed by atoms with Crippen molar-refractivity contribution in [2.75, 3.05) is 6.54 Å². The molecular formula is C18H21N5OS. The lowest BCUT2D eigenvalue weighted by Crippen LogP contribution is -2.34. The third kappa shape index (κ3) is 3.43. The number of imidazole rings is 1. The smallest absolute Gasteiger partial charge is 0.253 e. The number of nitrogens with one attached hydrogen (secondary N) is 2. The number of carbonyl (C=O) groups excluding carboxylic acids is 1. The van der Waals surface area contributed by atoms with Crippen molar-refractivity contribution in [1.29, 1.82) is 0 Å². The Kier molecular flexibility index (Phi) is 4.50. The number of pyridine rings is 1. The number of aromatic nitrogens is 3. The van der Waals surface area contributed by atoms with Crippen molar-refractivity contribution in [3.8, 4) is 10.7 Å². The number of fused-ring (bicyclic) bond motifs is 1. The molecule has 4 rings (SSSR count). The summed E-state index contributed by atoms with van der Waals surface area (Å²) in [5, 5.41) is 5.07. The minimum atomic E-state index is -0.0800. The molecule has 1 aliphatic rings. The van der Waals surface area contributed by atoms with E-state index in [9.17, 15) is 4.79 Å². The van der Waals surface area contributed by atoms with E-state index in [4.69, 9.17) is 5.73 Å². The minimum absolute atomic E-state index is 0.0800. The largest absolute Gasteiger partial charge is 0.352 e. The predicted molar refractivity (Wildman–Crippen MR) is 99.5 cm³/mol. The summed E-state index contributed by atoms with van der Waals surface area (Å²) >= 11 is 1.60. The Bertz CT molecular complexity index is 865. The van der Waals surface area contributed by atoms with Crippen molar-refractivity contribution in [2.45, 2.75) is 31.7 Å². The number of amides is 1. The molecule has 3 aromatic rings. The Morgan fingerprint density at radius 2 is 2.16 bits per heavy atom. The first-order chi connectivity index (χ1) is 12.2. The van der Waals surface area contributed by atoms with Crippen molar-refractivity contribution in [3.63, 3.8) is 0 Å². The molecule has 0 aromatic carbocycles. The number of rotatable bonds is 4. The van der Waals surface area contributed by atoms with E-state index in [1.807, 2.05) is 17.5 Å². The molecule has 1 saturated carbocycles. The molecule has 0 atom stereocenters. The van der Waals surface area contributed by atoms with Crippen LogP contribution < -0.4 is 11.1 Å². The summed E-state index contributed by atoms with van der Waals surface area (Å²) in [5.41, 5.74) is 7.79. The molecule has 3 aromatic heterocycles. The Labute approximate surface area is 149 Å². The number of nitrogens with zero attached hydrogens (tertiary/aromatic N) is 2. The minimum Gasteiger partial charge on any atom is -0.352 e. The number of aromatic amines is 1. The fourth-order valence-electron chi connectivity index (χ4n) is 3.35. The molecule has 4 N–H and O–H groups in total. The topological polar surface area (TPSA) is 96.7 Å². The van der Waals surface area contributed by atoms with Crippen LogP contribution in [0.3, 0.4) is 0 Å². The van der Waals surface area contributed by atoms with E-state index < -0.39 is 0 Å². The van der Waals surface area contributed by atoms with Crippen LogP contribution >= 0.6 is 11.3 Å². The highest BCUT2D eigenvalue weighted by atomic mass is 32.1. The Hall–Kier alpha value is -2.25. The molecule has 0 unspecified atom stereocenters. The van der Waals surface area contributed by atoms with E-state index in [-0.39, 0.29) is 5.91 Å². The van der Waals surface area contributed by atoms with Gasteiger partial charge < -0.3 is 16.0 Å². The summed E-state index contributed by atoms with van der Waals surface area (Å²) in [4.78, 5) is 25.7. The Balaban J connectivity index is 1.51. The van der Waals surface area contributed by atoms with Gasteiger partial charge in [0, 0.05) is 18.8 Å².